The van der Waals surface area contributed by atoms with Crippen molar-refractivity contribution >= 4 is 12.0 Å². The van der Waals surface area contributed by atoms with Crippen molar-refractivity contribution in [1.29, 1.82) is 0 Å². The van der Waals surface area contributed by atoms with Crippen LogP contribution in [0.5, 0.6) is 5.75 Å². The molecule has 7 nitrogen and oxygen atoms in total. The van der Waals surface area contributed by atoms with Crippen LogP contribution < -0.4 is 4.74 Å². The van der Waals surface area contributed by atoms with Crippen molar-refractivity contribution in [2.45, 2.75) is 52.0 Å². The Kier molecular flexibility index (Phi) is 11.2. The quantitative estimate of drug-likeness (QED) is 0.282. The number of benzene rings is 2. The first-order valence-electron chi connectivity index (χ1n) is 13.1. The lowest BCUT2D eigenvalue weighted by atomic mass is 9.83. The first kappa shape index (κ1) is 29.2. The van der Waals surface area contributed by atoms with Crippen molar-refractivity contribution < 1.29 is 28.9 Å². The molecule has 1 amide bonds. The summed E-state index contributed by atoms with van der Waals surface area (Å²) in [5.74, 6) is 1.97. The molecule has 2 aromatic rings. The second kappa shape index (κ2) is 14.5. The average Bonchev–Trinajstić information content (AvgIpc) is 3.27. The monoisotopic (exact) mass is 521 g/mol. The predicted molar refractivity (Wildman–Crippen MR) is 146 cm³/mol. The molecule has 0 aromatic heterocycles. The largest absolute Gasteiger partial charge is 0.497 e. The van der Waals surface area contributed by atoms with Gasteiger partial charge in [-0.25, -0.2) is 9.59 Å². The van der Waals surface area contributed by atoms with Gasteiger partial charge in [-0.05, 0) is 29.7 Å². The zero-order chi connectivity index (χ0) is 27.5. The fourth-order valence-electron chi connectivity index (χ4n) is 4.98. The molecule has 0 aliphatic carbocycles. The lowest BCUT2D eigenvalue weighted by Gasteiger charge is -2.35. The van der Waals surface area contributed by atoms with E-state index in [-0.39, 0.29) is 36.0 Å². The summed E-state index contributed by atoms with van der Waals surface area (Å²) in [4.78, 5) is 24.9. The number of carbonyl (C=O) groups excluding carboxylic acids is 2. The van der Waals surface area contributed by atoms with Gasteiger partial charge in [0.2, 0.25) is 0 Å². The summed E-state index contributed by atoms with van der Waals surface area (Å²) in [6, 6.07) is 17.6. The molecular formula is C31H39NO6. The highest BCUT2D eigenvalue weighted by Gasteiger charge is 2.37. The Hall–Kier alpha value is -3.38. The third kappa shape index (κ3) is 8.06. The van der Waals surface area contributed by atoms with Crippen LogP contribution in [0, 0.1) is 17.8 Å². The van der Waals surface area contributed by atoms with Crippen molar-refractivity contribution in [2.24, 2.45) is 17.8 Å². The number of hydrogen-bond donors (Lipinski definition) is 1. The molecule has 38 heavy (non-hydrogen) atoms. The van der Waals surface area contributed by atoms with Crippen LogP contribution in [0.3, 0.4) is 0 Å². The summed E-state index contributed by atoms with van der Waals surface area (Å²) in [6.45, 7) is 6.98. The van der Waals surface area contributed by atoms with E-state index in [9.17, 15) is 14.7 Å². The number of allylic oxidation sites excluding steroid dienone is 2. The molecule has 3 rings (SSSR count). The van der Waals surface area contributed by atoms with Gasteiger partial charge in [0.25, 0.3) is 0 Å². The Morgan fingerprint density at radius 2 is 1.82 bits per heavy atom. The van der Waals surface area contributed by atoms with Gasteiger partial charge in [-0.3, -0.25) is 0 Å². The topological polar surface area (TPSA) is 85.3 Å². The molecule has 1 aliphatic heterocycles. The van der Waals surface area contributed by atoms with E-state index in [0.717, 1.165) is 16.9 Å². The molecular weight excluding hydrogens is 482 g/mol. The number of aliphatic hydroxyl groups excluding tert-OH is 1. The minimum atomic E-state index is -0.737. The lowest BCUT2D eigenvalue weighted by Crippen LogP contribution is -2.45. The molecule has 2 aromatic carbocycles. The second-order valence-corrected chi connectivity index (χ2v) is 10.1. The van der Waals surface area contributed by atoms with Crippen molar-refractivity contribution in [3.05, 3.63) is 84.0 Å². The zero-order valence-electron chi connectivity index (χ0n) is 22.7. The number of aliphatic hydroxyl groups is 1. The summed E-state index contributed by atoms with van der Waals surface area (Å²) >= 11 is 0. The maximum atomic E-state index is 12.5. The van der Waals surface area contributed by atoms with Gasteiger partial charge in [0, 0.05) is 30.4 Å². The number of cyclic esters (lactones) is 1. The van der Waals surface area contributed by atoms with E-state index >= 15 is 0 Å². The van der Waals surface area contributed by atoms with E-state index in [4.69, 9.17) is 14.2 Å². The maximum Gasteiger partial charge on any atom is 0.410 e. The van der Waals surface area contributed by atoms with Gasteiger partial charge < -0.3 is 24.2 Å². The van der Waals surface area contributed by atoms with Gasteiger partial charge >= 0.3 is 6.09 Å². The molecule has 1 heterocycles. The highest BCUT2D eigenvalue weighted by atomic mass is 16.6. The molecule has 0 bridgehead atoms. The van der Waals surface area contributed by atoms with E-state index in [1.807, 2.05) is 81.4 Å². The molecule has 1 fully saturated rings. The Morgan fingerprint density at radius 1 is 1.11 bits per heavy atom. The molecule has 0 radical (unpaired) electrons. The summed E-state index contributed by atoms with van der Waals surface area (Å²) in [6.07, 6.45) is 4.12. The molecule has 0 spiro atoms. The second-order valence-electron chi connectivity index (χ2n) is 10.1. The van der Waals surface area contributed by atoms with Crippen LogP contribution in [-0.4, -0.2) is 60.6 Å². The average molecular weight is 522 g/mol. The van der Waals surface area contributed by atoms with E-state index in [1.165, 1.54) is 6.08 Å². The number of methoxy groups -OCH3 is 1. The van der Waals surface area contributed by atoms with Crippen molar-refractivity contribution in [3.63, 3.8) is 0 Å². The van der Waals surface area contributed by atoms with Crippen LogP contribution in [-0.2, 0) is 27.3 Å². The highest BCUT2D eigenvalue weighted by molar-refractivity contribution is 5.70. The van der Waals surface area contributed by atoms with Gasteiger partial charge in [-0.1, -0.05) is 75.4 Å². The summed E-state index contributed by atoms with van der Waals surface area (Å²) in [7, 11) is 1.62. The van der Waals surface area contributed by atoms with Crippen molar-refractivity contribution in [3.8, 4) is 5.75 Å². The van der Waals surface area contributed by atoms with Crippen molar-refractivity contribution in [2.75, 3.05) is 20.3 Å². The minimum Gasteiger partial charge on any atom is -0.497 e. The molecule has 7 heteroatoms. The Labute approximate surface area is 225 Å². The van der Waals surface area contributed by atoms with Crippen LogP contribution in [0.15, 0.2) is 72.8 Å². The molecule has 1 aliphatic rings. The molecule has 6 atom stereocenters. The Bertz CT molecular complexity index is 1080. The van der Waals surface area contributed by atoms with E-state index in [1.54, 1.807) is 24.0 Å². The molecule has 0 unspecified atom stereocenters. The van der Waals surface area contributed by atoms with Crippen LogP contribution in [0.2, 0.25) is 0 Å². The molecule has 1 N–H and O–H groups in total. The normalized spacial score (nSPS) is 19.3. The smallest absolute Gasteiger partial charge is 0.410 e. The lowest BCUT2D eigenvalue weighted by molar-refractivity contribution is -0.0709. The fourth-order valence-corrected chi connectivity index (χ4v) is 4.98. The Balaban J connectivity index is 1.69. The van der Waals surface area contributed by atoms with Crippen molar-refractivity contribution in [1.82, 2.24) is 4.90 Å². The number of ether oxygens (including phenoxy) is 3. The number of carbonyl (C=O) groups is 1. The van der Waals surface area contributed by atoms with E-state index < -0.39 is 6.10 Å². The highest BCUT2D eigenvalue weighted by Crippen LogP contribution is 2.28. The molecule has 204 valence electrons. The maximum absolute atomic E-state index is 12.5. The molecule has 0 saturated carbocycles. The minimum absolute atomic E-state index is 0.0750. The van der Waals surface area contributed by atoms with Gasteiger partial charge in [0.05, 0.1) is 32.0 Å². The van der Waals surface area contributed by atoms with Gasteiger partial charge in [-0.2, -0.15) is 0 Å². The number of rotatable bonds is 14. The van der Waals surface area contributed by atoms with Crippen LogP contribution >= 0.6 is 0 Å². The third-order valence-corrected chi connectivity index (χ3v) is 7.21. The van der Waals surface area contributed by atoms with E-state index in [0.29, 0.717) is 26.2 Å². The first-order chi connectivity index (χ1) is 18.3. The summed E-state index contributed by atoms with van der Waals surface area (Å²) < 4.78 is 16.9. The fraction of sp³-hybridized carbons (Fsp3) is 0.452. The van der Waals surface area contributed by atoms with Gasteiger partial charge in [0.1, 0.15) is 18.3 Å². The van der Waals surface area contributed by atoms with Gasteiger partial charge in [-0.15, -0.1) is 0 Å². The molecule has 1 saturated heterocycles. The number of hydrogen-bond acceptors (Lipinski definition) is 6. The van der Waals surface area contributed by atoms with Gasteiger partial charge in [0.15, 0.2) is 0 Å². The van der Waals surface area contributed by atoms with Crippen LogP contribution in [0.4, 0.5) is 4.79 Å². The first-order valence-corrected chi connectivity index (χ1v) is 13.1. The predicted octanol–water partition coefficient (Wildman–Crippen LogP) is 4.86. The van der Waals surface area contributed by atoms with Crippen LogP contribution in [0.1, 0.15) is 31.9 Å². The van der Waals surface area contributed by atoms with Crippen LogP contribution in [0.25, 0.3) is 0 Å². The van der Waals surface area contributed by atoms with E-state index in [2.05, 4.69) is 0 Å². The summed E-state index contributed by atoms with van der Waals surface area (Å²) in [5, 5.41) is 11.4. The SMILES string of the molecule is COc1ccc(CO[C@H]([C@@H](C)[C@@H](O)[C@H](C)CN2C(=O)OC[C@H]2Cc2ccccc2)[C@@H](C)C=CC=C=O)cc1. The number of nitrogens with zero attached hydrogens (tertiary/aromatic N) is 1. The third-order valence-electron chi connectivity index (χ3n) is 7.21. The number of amides is 1. The Morgan fingerprint density at radius 3 is 2.47 bits per heavy atom. The zero-order valence-corrected chi connectivity index (χ0v) is 22.7. The standard InChI is InChI=1S/C31H39NO6/c1-22(10-8-9-17-33)30(37-20-26-13-15-28(36-4)16-14-26)24(3)29(34)23(2)19-32-27(21-38-31(32)35)18-25-11-6-5-7-12-25/h5-16,22-24,27,29-30,34H,18-21H2,1-4H3/t22-,23+,24-,27+,29-,30-/m0/s1. The summed E-state index contributed by atoms with van der Waals surface area (Å²) in [5.41, 5.74) is 2.12.